The zero-order valence-electron chi connectivity index (χ0n) is 17.2. The third-order valence-corrected chi connectivity index (χ3v) is 5.80. The van der Waals surface area contributed by atoms with Crippen molar-refractivity contribution >= 4 is 17.5 Å². The van der Waals surface area contributed by atoms with Crippen molar-refractivity contribution in [3.05, 3.63) is 107 Å². The third-order valence-electron chi connectivity index (χ3n) is 5.80. The second kappa shape index (κ2) is 8.26. The molecule has 2 aromatic carbocycles. The number of fused-ring (bicyclic) bond motifs is 1. The van der Waals surface area contributed by atoms with Crippen LogP contribution in [-0.2, 0) is 6.54 Å². The molecule has 7 heteroatoms. The van der Waals surface area contributed by atoms with Crippen molar-refractivity contribution in [3.8, 4) is 0 Å². The Morgan fingerprint density at radius 3 is 2.59 bits per heavy atom. The number of nitrogens with one attached hydrogen (secondary N) is 1. The van der Waals surface area contributed by atoms with E-state index in [0.29, 0.717) is 30.8 Å². The molecule has 0 unspecified atom stereocenters. The molecular formula is C25H21FN4O2. The van der Waals surface area contributed by atoms with Crippen molar-refractivity contribution < 1.29 is 14.0 Å². The van der Waals surface area contributed by atoms with Crippen LogP contribution < -0.4 is 5.32 Å². The number of amides is 2. The highest BCUT2D eigenvalue weighted by molar-refractivity contribution is 5.95. The number of carbonyl (C=O) groups is 2. The molecule has 0 radical (unpaired) electrons. The van der Waals surface area contributed by atoms with Gasteiger partial charge in [-0.2, -0.15) is 0 Å². The van der Waals surface area contributed by atoms with Gasteiger partial charge in [-0.25, -0.2) is 9.37 Å². The number of aromatic nitrogens is 2. The first-order chi connectivity index (χ1) is 15.6. The lowest BCUT2D eigenvalue weighted by Crippen LogP contribution is -2.48. The number of likely N-dealkylation sites (tertiary alicyclic amines) is 1. The van der Waals surface area contributed by atoms with Crippen molar-refractivity contribution in [3.63, 3.8) is 0 Å². The number of halogens is 1. The van der Waals surface area contributed by atoms with Gasteiger partial charge < -0.3 is 14.6 Å². The van der Waals surface area contributed by atoms with Gasteiger partial charge in [-0.1, -0.05) is 18.2 Å². The second-order valence-electron chi connectivity index (χ2n) is 7.95. The van der Waals surface area contributed by atoms with E-state index in [0.717, 1.165) is 16.8 Å². The van der Waals surface area contributed by atoms with Crippen LogP contribution in [0.1, 0.15) is 37.8 Å². The average molecular weight is 428 g/mol. The molecule has 4 aromatic rings. The van der Waals surface area contributed by atoms with Crippen LogP contribution in [0.15, 0.2) is 79.3 Å². The van der Waals surface area contributed by atoms with Crippen LogP contribution in [0.3, 0.4) is 0 Å². The number of carbonyl (C=O) groups excluding carboxylic acids is 2. The van der Waals surface area contributed by atoms with Gasteiger partial charge in [0.05, 0.1) is 0 Å². The number of rotatable bonds is 5. The highest BCUT2D eigenvalue weighted by Crippen LogP contribution is 2.28. The van der Waals surface area contributed by atoms with Crippen molar-refractivity contribution in [1.29, 1.82) is 0 Å². The molecule has 2 amide bonds. The van der Waals surface area contributed by atoms with Crippen LogP contribution in [0.25, 0.3) is 5.65 Å². The lowest BCUT2D eigenvalue weighted by Gasteiger charge is -2.39. The number of pyridine rings is 1. The first-order valence-electron chi connectivity index (χ1n) is 10.4. The zero-order chi connectivity index (χ0) is 22.1. The molecule has 5 rings (SSSR count). The lowest BCUT2D eigenvalue weighted by molar-refractivity contribution is 0.0602. The fourth-order valence-corrected chi connectivity index (χ4v) is 3.91. The van der Waals surface area contributed by atoms with Gasteiger partial charge in [-0.3, -0.25) is 9.59 Å². The molecule has 0 aliphatic carbocycles. The Bertz CT molecular complexity index is 1290. The summed E-state index contributed by atoms with van der Waals surface area (Å²) in [5.41, 5.74) is 3.84. The van der Waals surface area contributed by atoms with Gasteiger partial charge in [-0.15, -0.1) is 0 Å². The first-order valence-corrected chi connectivity index (χ1v) is 10.4. The maximum atomic E-state index is 13.4. The topological polar surface area (TPSA) is 66.7 Å². The van der Waals surface area contributed by atoms with Gasteiger partial charge in [0, 0.05) is 55.3 Å². The number of benzene rings is 2. The highest BCUT2D eigenvalue weighted by atomic mass is 19.1. The monoisotopic (exact) mass is 428 g/mol. The summed E-state index contributed by atoms with van der Waals surface area (Å²) in [5, 5.41) is 2.93. The van der Waals surface area contributed by atoms with E-state index < -0.39 is 5.82 Å². The third kappa shape index (κ3) is 3.97. The molecule has 0 spiro atoms. The van der Waals surface area contributed by atoms with Gasteiger partial charge in [0.2, 0.25) is 0 Å². The molecule has 0 bridgehead atoms. The van der Waals surface area contributed by atoms with E-state index in [2.05, 4.69) is 10.3 Å². The normalized spacial score (nSPS) is 13.7. The molecule has 32 heavy (non-hydrogen) atoms. The van der Waals surface area contributed by atoms with E-state index in [9.17, 15) is 14.0 Å². The molecule has 1 saturated heterocycles. The predicted octanol–water partition coefficient (Wildman–Crippen LogP) is 3.64. The van der Waals surface area contributed by atoms with Gasteiger partial charge in [-0.05, 0) is 53.6 Å². The summed E-state index contributed by atoms with van der Waals surface area (Å²) >= 11 is 0. The average Bonchev–Trinajstić information content (AvgIpc) is 3.25. The Hall–Kier alpha value is -4.00. The standard InChI is InChI=1S/C25H21FN4O2/c26-22-3-1-2-20(13-22)25(32)30-15-21(16-30)18-4-6-19(7-5-18)24(31)28-14-17-8-10-29-11-9-27-23(29)12-17/h1-13,21H,14-16H2,(H,28,31). The SMILES string of the molecule is O=C(NCc1ccn2ccnc2c1)c1ccc(C2CN(C(=O)c3cccc(F)c3)C2)cc1. The Morgan fingerprint density at radius 2 is 1.81 bits per heavy atom. The van der Waals surface area contributed by atoms with Crippen molar-refractivity contribution in [1.82, 2.24) is 19.6 Å². The minimum Gasteiger partial charge on any atom is -0.348 e. The maximum absolute atomic E-state index is 13.4. The molecule has 160 valence electrons. The summed E-state index contributed by atoms with van der Waals surface area (Å²) in [5.74, 6) is -0.503. The smallest absolute Gasteiger partial charge is 0.253 e. The van der Waals surface area contributed by atoms with E-state index >= 15 is 0 Å². The van der Waals surface area contributed by atoms with Crippen LogP contribution in [-0.4, -0.2) is 39.2 Å². The van der Waals surface area contributed by atoms with E-state index in [1.807, 2.05) is 41.1 Å². The van der Waals surface area contributed by atoms with Crippen molar-refractivity contribution in [2.24, 2.45) is 0 Å². The largest absolute Gasteiger partial charge is 0.348 e. The zero-order valence-corrected chi connectivity index (χ0v) is 17.2. The Balaban J connectivity index is 1.15. The Kier molecular flexibility index (Phi) is 5.15. The van der Waals surface area contributed by atoms with Gasteiger partial charge in [0.1, 0.15) is 11.5 Å². The minimum atomic E-state index is -0.413. The van der Waals surface area contributed by atoms with Crippen LogP contribution in [0.4, 0.5) is 4.39 Å². The van der Waals surface area contributed by atoms with E-state index in [-0.39, 0.29) is 17.7 Å². The molecule has 1 N–H and O–H groups in total. The number of nitrogens with zero attached hydrogens (tertiary/aromatic N) is 3. The van der Waals surface area contributed by atoms with Gasteiger partial charge in [0.25, 0.3) is 11.8 Å². The minimum absolute atomic E-state index is 0.142. The maximum Gasteiger partial charge on any atom is 0.253 e. The Morgan fingerprint density at radius 1 is 1.00 bits per heavy atom. The first kappa shape index (κ1) is 19.9. The van der Waals surface area contributed by atoms with Gasteiger partial charge >= 0.3 is 0 Å². The van der Waals surface area contributed by atoms with E-state index in [4.69, 9.17) is 0 Å². The molecule has 0 atom stereocenters. The molecule has 3 heterocycles. The van der Waals surface area contributed by atoms with Crippen LogP contribution >= 0.6 is 0 Å². The molecular weight excluding hydrogens is 407 g/mol. The van der Waals surface area contributed by atoms with Crippen LogP contribution in [0.5, 0.6) is 0 Å². The lowest BCUT2D eigenvalue weighted by atomic mass is 9.90. The summed E-state index contributed by atoms with van der Waals surface area (Å²) in [6.45, 7) is 1.58. The summed E-state index contributed by atoms with van der Waals surface area (Å²) in [6.07, 6.45) is 5.52. The molecule has 1 aliphatic rings. The second-order valence-corrected chi connectivity index (χ2v) is 7.95. The van der Waals surface area contributed by atoms with Crippen LogP contribution in [0, 0.1) is 5.82 Å². The van der Waals surface area contributed by atoms with Crippen LogP contribution in [0.2, 0.25) is 0 Å². The summed E-state index contributed by atoms with van der Waals surface area (Å²) < 4.78 is 15.3. The molecule has 2 aromatic heterocycles. The summed E-state index contributed by atoms with van der Waals surface area (Å²) in [7, 11) is 0. The predicted molar refractivity (Wildman–Crippen MR) is 118 cm³/mol. The fraction of sp³-hybridized carbons (Fsp3) is 0.160. The van der Waals surface area contributed by atoms with Crippen molar-refractivity contribution in [2.75, 3.05) is 13.1 Å². The molecule has 0 saturated carbocycles. The van der Waals surface area contributed by atoms with E-state index in [1.54, 1.807) is 35.4 Å². The number of imidazole rings is 1. The van der Waals surface area contributed by atoms with Gasteiger partial charge in [0.15, 0.2) is 0 Å². The summed E-state index contributed by atoms with van der Waals surface area (Å²) in [6, 6.07) is 17.1. The highest BCUT2D eigenvalue weighted by Gasteiger charge is 2.32. The summed E-state index contributed by atoms with van der Waals surface area (Å²) in [4.78, 5) is 30.9. The van der Waals surface area contributed by atoms with Crippen molar-refractivity contribution in [2.45, 2.75) is 12.5 Å². The fourth-order valence-electron chi connectivity index (χ4n) is 3.91. The van der Waals surface area contributed by atoms with E-state index in [1.165, 1.54) is 12.1 Å². The Labute approximate surface area is 184 Å². The molecule has 6 nitrogen and oxygen atoms in total. The molecule has 1 aliphatic heterocycles. The molecule has 1 fully saturated rings. The number of hydrogen-bond donors (Lipinski definition) is 1. The quantitative estimate of drug-likeness (QED) is 0.528. The number of hydrogen-bond acceptors (Lipinski definition) is 3.